The van der Waals surface area contributed by atoms with Crippen LogP contribution in [0, 0.1) is 0 Å². The van der Waals surface area contributed by atoms with E-state index in [9.17, 15) is 14.4 Å². The quantitative estimate of drug-likeness (QED) is 0.529. The van der Waals surface area contributed by atoms with Gasteiger partial charge in [0.15, 0.2) is 0 Å². The van der Waals surface area contributed by atoms with Crippen LogP contribution in [0.2, 0.25) is 0 Å². The zero-order chi connectivity index (χ0) is 13.6. The van der Waals surface area contributed by atoms with Crippen molar-refractivity contribution in [2.45, 2.75) is 25.4 Å². The van der Waals surface area contributed by atoms with E-state index < -0.39 is 11.9 Å². The maximum Gasteiger partial charge on any atom is 0.255 e. The standard InChI is InChI=1S/C13H11BN2O3/c14-9-3-1-2-7-8(9)6-16(13(7)19)10-4-5-11(17)15-12(10)18/h1-3,10H,4-6H2,(H,15,17,18). The van der Waals surface area contributed by atoms with Gasteiger partial charge >= 0.3 is 0 Å². The first-order valence-corrected chi connectivity index (χ1v) is 6.10. The van der Waals surface area contributed by atoms with E-state index in [4.69, 9.17) is 7.85 Å². The van der Waals surface area contributed by atoms with E-state index in [1.54, 1.807) is 18.2 Å². The summed E-state index contributed by atoms with van der Waals surface area (Å²) in [5.74, 6) is -0.891. The topological polar surface area (TPSA) is 66.5 Å². The normalized spacial score (nSPS) is 22.4. The maximum atomic E-state index is 12.3. The van der Waals surface area contributed by atoms with Gasteiger partial charge in [-0.1, -0.05) is 17.6 Å². The maximum absolute atomic E-state index is 12.3. The van der Waals surface area contributed by atoms with Gasteiger partial charge in [0.05, 0.1) is 0 Å². The highest BCUT2D eigenvalue weighted by atomic mass is 16.2. The van der Waals surface area contributed by atoms with Gasteiger partial charge in [0.1, 0.15) is 13.9 Å². The predicted octanol–water partition coefficient (Wildman–Crippen LogP) is -0.759. The molecular formula is C13H11BN2O3. The molecule has 0 bridgehead atoms. The third-order valence-electron chi connectivity index (χ3n) is 3.62. The fourth-order valence-corrected chi connectivity index (χ4v) is 2.61. The number of hydrogen-bond acceptors (Lipinski definition) is 3. The van der Waals surface area contributed by atoms with Gasteiger partial charge in [-0.2, -0.15) is 0 Å². The lowest BCUT2D eigenvalue weighted by molar-refractivity contribution is -0.136. The number of amides is 3. The lowest BCUT2D eigenvalue weighted by atomic mass is 9.89. The predicted molar refractivity (Wildman–Crippen MR) is 67.9 cm³/mol. The molecule has 2 heterocycles. The zero-order valence-electron chi connectivity index (χ0n) is 10.2. The average Bonchev–Trinajstić information content (AvgIpc) is 2.69. The summed E-state index contributed by atoms with van der Waals surface area (Å²) in [7, 11) is 5.85. The van der Waals surface area contributed by atoms with Gasteiger partial charge in [-0.3, -0.25) is 19.7 Å². The van der Waals surface area contributed by atoms with E-state index in [1.807, 2.05) is 0 Å². The molecule has 1 unspecified atom stereocenters. The molecule has 0 saturated carbocycles. The van der Waals surface area contributed by atoms with Gasteiger partial charge in [0.2, 0.25) is 11.8 Å². The number of carbonyl (C=O) groups excluding carboxylic acids is 3. The fourth-order valence-electron chi connectivity index (χ4n) is 2.61. The molecule has 2 aliphatic heterocycles. The molecule has 0 spiro atoms. The van der Waals surface area contributed by atoms with Crippen LogP contribution >= 0.6 is 0 Å². The van der Waals surface area contributed by atoms with E-state index in [0.29, 0.717) is 24.0 Å². The van der Waals surface area contributed by atoms with Gasteiger partial charge in [-0.15, -0.1) is 0 Å². The summed E-state index contributed by atoms with van der Waals surface area (Å²) in [6.07, 6.45) is 0.621. The molecule has 0 aliphatic carbocycles. The van der Waals surface area contributed by atoms with Crippen molar-refractivity contribution in [2.75, 3.05) is 0 Å². The molecule has 19 heavy (non-hydrogen) atoms. The second kappa shape index (κ2) is 4.22. The molecule has 94 valence electrons. The summed E-state index contributed by atoms with van der Waals surface area (Å²) in [6, 6.07) is 4.58. The van der Waals surface area contributed by atoms with Crippen LogP contribution < -0.4 is 10.8 Å². The van der Waals surface area contributed by atoms with Gasteiger partial charge in [-0.05, 0) is 18.1 Å². The summed E-state index contributed by atoms with van der Waals surface area (Å²) in [5.41, 5.74) is 1.86. The van der Waals surface area contributed by atoms with Crippen LogP contribution in [0.4, 0.5) is 0 Å². The monoisotopic (exact) mass is 254 g/mol. The minimum absolute atomic E-state index is 0.197. The van der Waals surface area contributed by atoms with Crippen LogP contribution in [0.25, 0.3) is 0 Å². The molecular weight excluding hydrogens is 243 g/mol. The Hall–Kier alpha value is -2.11. The number of nitrogens with one attached hydrogen (secondary N) is 1. The molecule has 5 nitrogen and oxygen atoms in total. The average molecular weight is 254 g/mol. The second-order valence-electron chi connectivity index (χ2n) is 4.77. The van der Waals surface area contributed by atoms with Gasteiger partial charge in [-0.25, -0.2) is 0 Å². The molecule has 3 rings (SSSR count). The van der Waals surface area contributed by atoms with Crippen molar-refractivity contribution in [2.24, 2.45) is 0 Å². The SMILES string of the molecule is [B]c1cccc2c1CN(C1CCC(=O)NC1=O)C2=O. The van der Waals surface area contributed by atoms with Crippen LogP contribution in [0.3, 0.4) is 0 Å². The summed E-state index contributed by atoms with van der Waals surface area (Å²) in [4.78, 5) is 36.7. The zero-order valence-corrected chi connectivity index (χ0v) is 10.2. The van der Waals surface area contributed by atoms with Gasteiger partial charge in [0, 0.05) is 18.5 Å². The highest BCUT2D eigenvalue weighted by Crippen LogP contribution is 2.25. The van der Waals surface area contributed by atoms with E-state index in [1.165, 1.54) is 4.90 Å². The first-order chi connectivity index (χ1) is 9.08. The molecule has 0 aromatic heterocycles. The van der Waals surface area contributed by atoms with Crippen molar-refractivity contribution in [1.29, 1.82) is 0 Å². The molecule has 2 radical (unpaired) electrons. The first-order valence-electron chi connectivity index (χ1n) is 6.10. The van der Waals surface area contributed by atoms with Crippen molar-refractivity contribution in [1.82, 2.24) is 10.2 Å². The summed E-state index contributed by atoms with van der Waals surface area (Å²) in [6.45, 7) is 0.327. The Morgan fingerprint density at radius 1 is 1.26 bits per heavy atom. The lowest BCUT2D eigenvalue weighted by Gasteiger charge is -2.29. The number of nitrogens with zero attached hydrogens (tertiary/aromatic N) is 1. The van der Waals surface area contributed by atoms with Crippen LogP contribution in [0.1, 0.15) is 28.8 Å². The third kappa shape index (κ3) is 1.83. The van der Waals surface area contributed by atoms with Crippen LogP contribution in [0.15, 0.2) is 18.2 Å². The first kappa shape index (κ1) is 12.0. The van der Waals surface area contributed by atoms with E-state index in [-0.39, 0.29) is 18.2 Å². The van der Waals surface area contributed by atoms with Crippen LogP contribution in [-0.2, 0) is 16.1 Å². The molecule has 1 aromatic rings. The smallest absolute Gasteiger partial charge is 0.255 e. The van der Waals surface area contributed by atoms with Crippen molar-refractivity contribution >= 4 is 31.0 Å². The number of rotatable bonds is 1. The molecule has 6 heteroatoms. The number of carbonyl (C=O) groups is 3. The number of fused-ring (bicyclic) bond motifs is 1. The van der Waals surface area contributed by atoms with Crippen molar-refractivity contribution < 1.29 is 14.4 Å². The Morgan fingerprint density at radius 2 is 2.05 bits per heavy atom. The molecule has 1 saturated heterocycles. The van der Waals surface area contributed by atoms with Crippen molar-refractivity contribution in [3.8, 4) is 0 Å². The van der Waals surface area contributed by atoms with Crippen LogP contribution in [0.5, 0.6) is 0 Å². The molecule has 1 aromatic carbocycles. The number of piperidine rings is 1. The Labute approximate surface area is 111 Å². The number of imide groups is 1. The summed E-state index contributed by atoms with van der Waals surface area (Å²) in [5, 5.41) is 2.27. The highest BCUT2D eigenvalue weighted by Gasteiger charge is 2.39. The van der Waals surface area contributed by atoms with Gasteiger partial charge in [0.25, 0.3) is 5.91 Å². The van der Waals surface area contributed by atoms with Crippen molar-refractivity contribution in [3.63, 3.8) is 0 Å². The Morgan fingerprint density at radius 3 is 2.74 bits per heavy atom. The molecule has 1 atom stereocenters. The Balaban J connectivity index is 1.90. The molecule has 2 aliphatic rings. The van der Waals surface area contributed by atoms with E-state index in [2.05, 4.69) is 5.32 Å². The highest BCUT2D eigenvalue weighted by molar-refractivity contribution is 6.34. The second-order valence-corrected chi connectivity index (χ2v) is 4.77. The lowest BCUT2D eigenvalue weighted by Crippen LogP contribution is -2.52. The van der Waals surface area contributed by atoms with E-state index in [0.717, 1.165) is 5.56 Å². The third-order valence-corrected chi connectivity index (χ3v) is 3.62. The molecule has 1 N–H and O–H groups in total. The molecule has 1 fully saturated rings. The summed E-state index contributed by atoms with van der Waals surface area (Å²) < 4.78 is 0. The molecule has 3 amide bonds. The number of benzene rings is 1. The summed E-state index contributed by atoms with van der Waals surface area (Å²) >= 11 is 0. The van der Waals surface area contributed by atoms with Crippen molar-refractivity contribution in [3.05, 3.63) is 29.3 Å². The Bertz CT molecular complexity index is 600. The largest absolute Gasteiger partial charge is 0.322 e. The number of hydrogen-bond donors (Lipinski definition) is 1. The minimum atomic E-state index is -0.586. The van der Waals surface area contributed by atoms with Gasteiger partial charge < -0.3 is 4.90 Å². The van der Waals surface area contributed by atoms with Crippen LogP contribution in [-0.4, -0.2) is 36.5 Å². The minimum Gasteiger partial charge on any atom is -0.322 e. The Kier molecular flexibility index (Phi) is 2.66. The fraction of sp³-hybridized carbons (Fsp3) is 0.308. The van der Waals surface area contributed by atoms with E-state index >= 15 is 0 Å².